The van der Waals surface area contributed by atoms with E-state index in [1.54, 1.807) is 41.8 Å². The average Bonchev–Trinajstić information content (AvgIpc) is 3.08. The highest BCUT2D eigenvalue weighted by molar-refractivity contribution is 6.33. The summed E-state index contributed by atoms with van der Waals surface area (Å²) in [6.45, 7) is 0.607. The lowest BCUT2D eigenvalue weighted by atomic mass is 10.1. The lowest BCUT2D eigenvalue weighted by Crippen LogP contribution is -2.30. The summed E-state index contributed by atoms with van der Waals surface area (Å²) in [6.07, 6.45) is 4.90. The van der Waals surface area contributed by atoms with Crippen molar-refractivity contribution in [1.82, 2.24) is 9.88 Å². The maximum atomic E-state index is 13.2. The summed E-state index contributed by atoms with van der Waals surface area (Å²) in [6, 6.07) is 11.0. The number of pyridine rings is 1. The van der Waals surface area contributed by atoms with Gasteiger partial charge < -0.3 is 9.32 Å². The van der Waals surface area contributed by atoms with E-state index < -0.39 is 5.82 Å². The third-order valence-electron chi connectivity index (χ3n) is 3.47. The van der Waals surface area contributed by atoms with Gasteiger partial charge in [-0.25, -0.2) is 4.39 Å². The molecule has 0 N–H and O–H groups in total. The van der Waals surface area contributed by atoms with Crippen molar-refractivity contribution < 1.29 is 13.6 Å². The normalized spacial score (nSPS) is 10.6. The fourth-order valence-corrected chi connectivity index (χ4v) is 2.58. The van der Waals surface area contributed by atoms with E-state index in [1.807, 2.05) is 6.07 Å². The first-order valence-electron chi connectivity index (χ1n) is 7.29. The average molecular weight is 345 g/mol. The van der Waals surface area contributed by atoms with E-state index in [2.05, 4.69) is 4.98 Å². The number of hydrogen-bond acceptors (Lipinski definition) is 3. The zero-order valence-electron chi connectivity index (χ0n) is 12.7. The SMILES string of the molecule is O=C(c1ccc(F)cc1Cl)N(Cc1cccnc1)Cc1ccco1. The molecule has 0 atom stereocenters. The van der Waals surface area contributed by atoms with E-state index in [0.717, 1.165) is 11.6 Å². The molecule has 2 aromatic heterocycles. The van der Waals surface area contributed by atoms with Gasteiger partial charge in [0.1, 0.15) is 11.6 Å². The van der Waals surface area contributed by atoms with Crippen LogP contribution in [0.3, 0.4) is 0 Å². The number of hydrogen-bond donors (Lipinski definition) is 0. The van der Waals surface area contributed by atoms with Gasteiger partial charge in [-0.1, -0.05) is 17.7 Å². The highest BCUT2D eigenvalue weighted by Gasteiger charge is 2.20. The number of furan rings is 1. The van der Waals surface area contributed by atoms with Crippen LogP contribution < -0.4 is 0 Å². The molecule has 2 heterocycles. The molecule has 0 bridgehead atoms. The minimum absolute atomic E-state index is 0.0793. The van der Waals surface area contributed by atoms with Crippen molar-refractivity contribution in [3.05, 3.63) is 88.8 Å². The van der Waals surface area contributed by atoms with Crippen LogP contribution in [-0.2, 0) is 13.1 Å². The Bertz CT molecular complexity index is 822. The monoisotopic (exact) mass is 344 g/mol. The first-order chi connectivity index (χ1) is 11.6. The number of amides is 1. The van der Waals surface area contributed by atoms with Crippen molar-refractivity contribution in [2.45, 2.75) is 13.1 Å². The molecule has 3 aromatic rings. The quantitative estimate of drug-likeness (QED) is 0.693. The van der Waals surface area contributed by atoms with Gasteiger partial charge in [-0.05, 0) is 42.0 Å². The van der Waals surface area contributed by atoms with Crippen molar-refractivity contribution in [2.75, 3.05) is 0 Å². The van der Waals surface area contributed by atoms with Crippen LogP contribution in [0.2, 0.25) is 5.02 Å². The standard InChI is InChI=1S/C18H14ClFN2O2/c19-17-9-14(20)5-6-16(17)18(23)22(12-15-4-2-8-24-15)11-13-3-1-7-21-10-13/h1-10H,11-12H2. The van der Waals surface area contributed by atoms with Crippen molar-refractivity contribution in [3.63, 3.8) is 0 Å². The fraction of sp³-hybridized carbons (Fsp3) is 0.111. The number of rotatable bonds is 5. The number of carbonyl (C=O) groups is 1. The zero-order chi connectivity index (χ0) is 16.9. The molecule has 4 nitrogen and oxygen atoms in total. The van der Waals surface area contributed by atoms with Gasteiger partial charge >= 0.3 is 0 Å². The second-order valence-corrected chi connectivity index (χ2v) is 5.63. The van der Waals surface area contributed by atoms with Gasteiger partial charge in [0.15, 0.2) is 0 Å². The molecule has 1 aromatic carbocycles. The molecule has 0 aliphatic heterocycles. The minimum atomic E-state index is -0.485. The molecule has 0 spiro atoms. The van der Waals surface area contributed by atoms with E-state index in [-0.39, 0.29) is 23.0 Å². The second-order valence-electron chi connectivity index (χ2n) is 5.23. The molecule has 0 unspecified atom stereocenters. The Morgan fingerprint density at radius 3 is 2.75 bits per heavy atom. The van der Waals surface area contributed by atoms with Crippen LogP contribution in [0.1, 0.15) is 21.7 Å². The van der Waals surface area contributed by atoms with Crippen molar-refractivity contribution in [2.24, 2.45) is 0 Å². The summed E-state index contributed by atoms with van der Waals surface area (Å²) in [7, 11) is 0. The van der Waals surface area contributed by atoms with E-state index in [0.29, 0.717) is 12.3 Å². The van der Waals surface area contributed by atoms with Gasteiger partial charge in [0.2, 0.25) is 0 Å². The van der Waals surface area contributed by atoms with Gasteiger partial charge in [-0.2, -0.15) is 0 Å². The van der Waals surface area contributed by atoms with Crippen LogP contribution >= 0.6 is 11.6 Å². The summed E-state index contributed by atoms with van der Waals surface area (Å²) in [5, 5.41) is 0.0793. The lowest BCUT2D eigenvalue weighted by molar-refractivity contribution is 0.0717. The van der Waals surface area contributed by atoms with Crippen LogP contribution in [0.15, 0.2) is 65.5 Å². The molecule has 6 heteroatoms. The molecule has 0 radical (unpaired) electrons. The maximum Gasteiger partial charge on any atom is 0.256 e. The predicted molar refractivity (Wildman–Crippen MR) is 87.9 cm³/mol. The Hall–Kier alpha value is -2.66. The number of benzene rings is 1. The molecule has 0 aliphatic carbocycles. The molecular weight excluding hydrogens is 331 g/mol. The summed E-state index contributed by atoms with van der Waals surface area (Å²) in [4.78, 5) is 18.5. The van der Waals surface area contributed by atoms with Crippen LogP contribution in [0.25, 0.3) is 0 Å². The van der Waals surface area contributed by atoms with Gasteiger partial charge in [-0.3, -0.25) is 9.78 Å². The first-order valence-corrected chi connectivity index (χ1v) is 7.67. The van der Waals surface area contributed by atoms with Crippen molar-refractivity contribution >= 4 is 17.5 Å². The summed E-state index contributed by atoms with van der Waals surface area (Å²) in [5.74, 6) is -0.146. The number of nitrogens with zero attached hydrogens (tertiary/aromatic N) is 2. The van der Waals surface area contributed by atoms with Crippen LogP contribution in [0.5, 0.6) is 0 Å². The molecule has 0 aliphatic rings. The smallest absolute Gasteiger partial charge is 0.256 e. The van der Waals surface area contributed by atoms with E-state index in [4.69, 9.17) is 16.0 Å². The molecule has 1 amide bonds. The maximum absolute atomic E-state index is 13.2. The summed E-state index contributed by atoms with van der Waals surface area (Å²) >= 11 is 6.03. The summed E-state index contributed by atoms with van der Waals surface area (Å²) < 4.78 is 18.6. The number of halogens is 2. The Kier molecular flexibility index (Phi) is 4.91. The molecule has 0 saturated carbocycles. The topological polar surface area (TPSA) is 46.3 Å². The largest absolute Gasteiger partial charge is 0.467 e. The third kappa shape index (κ3) is 3.81. The van der Waals surface area contributed by atoms with Crippen molar-refractivity contribution in [3.8, 4) is 0 Å². The Balaban J connectivity index is 1.89. The van der Waals surface area contributed by atoms with Gasteiger partial charge in [-0.15, -0.1) is 0 Å². The highest BCUT2D eigenvalue weighted by Crippen LogP contribution is 2.21. The molecule has 24 heavy (non-hydrogen) atoms. The van der Waals surface area contributed by atoms with Crippen molar-refractivity contribution in [1.29, 1.82) is 0 Å². The van der Waals surface area contributed by atoms with Crippen LogP contribution in [-0.4, -0.2) is 15.8 Å². The number of carbonyl (C=O) groups excluding carboxylic acids is 1. The Labute approximate surface area is 143 Å². The highest BCUT2D eigenvalue weighted by atomic mass is 35.5. The zero-order valence-corrected chi connectivity index (χ0v) is 13.4. The van der Waals surface area contributed by atoms with Gasteiger partial charge in [0.05, 0.1) is 23.4 Å². The first kappa shape index (κ1) is 16.2. The second kappa shape index (κ2) is 7.27. The lowest BCUT2D eigenvalue weighted by Gasteiger charge is -2.22. The summed E-state index contributed by atoms with van der Waals surface area (Å²) in [5.41, 5.74) is 1.11. The Morgan fingerprint density at radius 1 is 1.21 bits per heavy atom. The molecule has 3 rings (SSSR count). The molecule has 122 valence electrons. The Morgan fingerprint density at radius 2 is 2.08 bits per heavy atom. The van der Waals surface area contributed by atoms with E-state index in [1.165, 1.54) is 12.1 Å². The molecule has 0 fully saturated rings. The van der Waals surface area contributed by atoms with Crippen LogP contribution in [0, 0.1) is 5.82 Å². The van der Waals surface area contributed by atoms with Gasteiger partial charge in [0.25, 0.3) is 5.91 Å². The molecule has 0 saturated heterocycles. The van der Waals surface area contributed by atoms with E-state index >= 15 is 0 Å². The fourth-order valence-electron chi connectivity index (χ4n) is 2.34. The van der Waals surface area contributed by atoms with Gasteiger partial charge in [0, 0.05) is 18.9 Å². The van der Waals surface area contributed by atoms with Crippen LogP contribution in [0.4, 0.5) is 4.39 Å². The predicted octanol–water partition coefficient (Wildman–Crippen LogP) is 4.31. The molecular formula is C18H14ClFN2O2. The number of aromatic nitrogens is 1. The minimum Gasteiger partial charge on any atom is -0.467 e. The van der Waals surface area contributed by atoms with E-state index in [9.17, 15) is 9.18 Å². The third-order valence-corrected chi connectivity index (χ3v) is 3.78.